The summed E-state index contributed by atoms with van der Waals surface area (Å²) in [5.74, 6) is 0.114. The van der Waals surface area contributed by atoms with Crippen molar-refractivity contribution < 1.29 is 4.79 Å². The summed E-state index contributed by atoms with van der Waals surface area (Å²) in [5.41, 5.74) is 3.70. The molecule has 21 heavy (non-hydrogen) atoms. The maximum atomic E-state index is 12.1. The Bertz CT molecular complexity index is 705. The van der Waals surface area contributed by atoms with Crippen LogP contribution in [0.1, 0.15) is 11.3 Å². The van der Waals surface area contributed by atoms with Crippen LogP contribution in [-0.2, 0) is 24.3 Å². The second kappa shape index (κ2) is 5.35. The molecule has 0 bridgehead atoms. The summed E-state index contributed by atoms with van der Waals surface area (Å²) in [5, 5.41) is 1.92. The Balaban J connectivity index is 2.17. The molecule has 1 aromatic carbocycles. The molecule has 0 aliphatic carbocycles. The molecule has 0 saturated heterocycles. The molecule has 0 fully saturated rings. The van der Waals surface area contributed by atoms with E-state index < -0.39 is 0 Å². The number of fused-ring (bicyclic) bond motifs is 3. The lowest BCUT2D eigenvalue weighted by molar-refractivity contribution is -0.129. The minimum atomic E-state index is 0.114. The smallest absolute Gasteiger partial charge is 0.242 e. The minimum absolute atomic E-state index is 0.114. The largest absolute Gasteiger partial charge is 0.347 e. The fourth-order valence-corrected chi connectivity index (χ4v) is 3.19. The van der Waals surface area contributed by atoms with Gasteiger partial charge >= 0.3 is 0 Å². The number of carbonyl (C=O) groups is 1. The molecule has 0 saturated carbocycles. The van der Waals surface area contributed by atoms with Crippen molar-refractivity contribution in [3.8, 4) is 0 Å². The fourth-order valence-electron chi connectivity index (χ4n) is 3.01. The first-order chi connectivity index (χ1) is 9.97. The first-order valence-electron chi connectivity index (χ1n) is 7.15. The van der Waals surface area contributed by atoms with Gasteiger partial charge in [-0.15, -0.1) is 0 Å². The van der Waals surface area contributed by atoms with E-state index in [9.17, 15) is 4.79 Å². The monoisotopic (exact) mass is 305 g/mol. The predicted octanol–water partition coefficient (Wildman–Crippen LogP) is 2.37. The number of likely N-dealkylation sites (N-methyl/N-ethyl adjacent to an activating group) is 2. The average Bonchev–Trinajstić information content (AvgIpc) is 2.72. The summed E-state index contributed by atoms with van der Waals surface area (Å²) in [6.07, 6.45) is 0.971. The van der Waals surface area contributed by atoms with Crippen molar-refractivity contribution >= 4 is 28.4 Å². The van der Waals surface area contributed by atoms with E-state index in [0.29, 0.717) is 6.54 Å². The van der Waals surface area contributed by atoms with Gasteiger partial charge in [-0.25, -0.2) is 0 Å². The summed E-state index contributed by atoms with van der Waals surface area (Å²) in [4.78, 5) is 16.1. The maximum absolute atomic E-state index is 12.1. The molecule has 0 atom stereocenters. The van der Waals surface area contributed by atoms with Crippen LogP contribution in [0, 0.1) is 0 Å². The van der Waals surface area contributed by atoms with Gasteiger partial charge in [-0.3, -0.25) is 4.79 Å². The number of rotatable bonds is 2. The van der Waals surface area contributed by atoms with Gasteiger partial charge in [0.2, 0.25) is 5.91 Å². The number of nitrogens with zero attached hydrogens (tertiary/aromatic N) is 3. The molecule has 1 aliphatic rings. The molecule has 4 nitrogen and oxygen atoms in total. The van der Waals surface area contributed by atoms with Crippen LogP contribution < -0.4 is 0 Å². The standard InChI is InChI=1S/C16H20ClN3O/c1-18(2)16(21)10-20-14-5-4-11(17)8-12(14)13-9-19(3)7-6-15(13)20/h4-5,8H,6-7,9-10H2,1-3H3. The Morgan fingerprint density at radius 2 is 2.14 bits per heavy atom. The zero-order valence-corrected chi connectivity index (χ0v) is 13.4. The lowest BCUT2D eigenvalue weighted by atomic mass is 10.1. The van der Waals surface area contributed by atoms with Crippen LogP contribution in [0.15, 0.2) is 18.2 Å². The van der Waals surface area contributed by atoms with Crippen molar-refractivity contribution in [2.24, 2.45) is 0 Å². The van der Waals surface area contributed by atoms with Gasteiger partial charge in [-0.05, 0) is 30.8 Å². The Labute approximate surface area is 129 Å². The van der Waals surface area contributed by atoms with E-state index in [2.05, 4.69) is 16.5 Å². The van der Waals surface area contributed by atoms with Crippen LogP contribution in [0.3, 0.4) is 0 Å². The summed E-state index contributed by atoms with van der Waals surface area (Å²) in [6, 6.07) is 5.94. The number of benzene rings is 1. The maximum Gasteiger partial charge on any atom is 0.242 e. The van der Waals surface area contributed by atoms with E-state index in [4.69, 9.17) is 11.6 Å². The van der Waals surface area contributed by atoms with Crippen LogP contribution in [0.5, 0.6) is 0 Å². The molecule has 0 N–H and O–H groups in total. The minimum Gasteiger partial charge on any atom is -0.347 e. The van der Waals surface area contributed by atoms with E-state index in [-0.39, 0.29) is 5.91 Å². The fraction of sp³-hybridized carbons (Fsp3) is 0.438. The highest BCUT2D eigenvalue weighted by atomic mass is 35.5. The molecule has 2 heterocycles. The third kappa shape index (κ3) is 2.54. The van der Waals surface area contributed by atoms with Crippen molar-refractivity contribution in [3.63, 3.8) is 0 Å². The first-order valence-corrected chi connectivity index (χ1v) is 7.53. The molecule has 0 radical (unpaired) electrons. The van der Waals surface area contributed by atoms with Crippen LogP contribution in [0.4, 0.5) is 0 Å². The van der Waals surface area contributed by atoms with Gasteiger partial charge < -0.3 is 14.4 Å². The molecule has 5 heteroatoms. The number of hydrogen-bond donors (Lipinski definition) is 0. The van der Waals surface area contributed by atoms with Gasteiger partial charge in [0.25, 0.3) is 0 Å². The van der Waals surface area contributed by atoms with Crippen LogP contribution in [-0.4, -0.2) is 48.0 Å². The third-order valence-corrected chi connectivity index (χ3v) is 4.43. The molecule has 112 valence electrons. The number of hydrogen-bond acceptors (Lipinski definition) is 2. The Morgan fingerprint density at radius 3 is 2.86 bits per heavy atom. The molecular weight excluding hydrogens is 286 g/mol. The van der Waals surface area contributed by atoms with Gasteiger partial charge in [-0.2, -0.15) is 0 Å². The number of halogens is 1. The highest BCUT2D eigenvalue weighted by Crippen LogP contribution is 2.32. The van der Waals surface area contributed by atoms with Crippen molar-refractivity contribution in [3.05, 3.63) is 34.5 Å². The Morgan fingerprint density at radius 1 is 1.38 bits per heavy atom. The van der Waals surface area contributed by atoms with E-state index in [1.165, 1.54) is 16.6 Å². The van der Waals surface area contributed by atoms with Gasteiger partial charge in [0.15, 0.2) is 0 Å². The second-order valence-electron chi connectivity index (χ2n) is 5.95. The number of amides is 1. The summed E-state index contributed by atoms with van der Waals surface area (Å²) >= 11 is 6.16. The number of aromatic nitrogens is 1. The van der Waals surface area contributed by atoms with E-state index >= 15 is 0 Å². The topological polar surface area (TPSA) is 28.5 Å². The average molecular weight is 306 g/mol. The molecular formula is C16H20ClN3O. The number of carbonyl (C=O) groups excluding carboxylic acids is 1. The lowest BCUT2D eigenvalue weighted by Gasteiger charge is -2.24. The quantitative estimate of drug-likeness (QED) is 0.852. The Hall–Kier alpha value is -1.52. The van der Waals surface area contributed by atoms with Crippen LogP contribution in [0.25, 0.3) is 10.9 Å². The zero-order chi connectivity index (χ0) is 15.1. The summed E-state index contributed by atoms with van der Waals surface area (Å²) in [6.45, 7) is 2.33. The highest BCUT2D eigenvalue weighted by Gasteiger charge is 2.23. The van der Waals surface area contributed by atoms with Crippen LogP contribution in [0.2, 0.25) is 5.02 Å². The van der Waals surface area contributed by atoms with Gasteiger partial charge in [0, 0.05) is 55.2 Å². The SMILES string of the molecule is CN1CCc2c(c3cc(Cl)ccc3n2CC(=O)N(C)C)C1. The normalized spacial score (nSPS) is 15.2. The molecule has 1 aromatic heterocycles. The predicted molar refractivity (Wildman–Crippen MR) is 85.7 cm³/mol. The van der Waals surface area contributed by atoms with Gasteiger partial charge in [0.1, 0.15) is 6.54 Å². The van der Waals surface area contributed by atoms with Crippen molar-refractivity contribution in [1.82, 2.24) is 14.4 Å². The second-order valence-corrected chi connectivity index (χ2v) is 6.39. The zero-order valence-electron chi connectivity index (χ0n) is 12.7. The molecule has 2 aromatic rings. The molecule has 1 aliphatic heterocycles. The molecule has 0 spiro atoms. The summed E-state index contributed by atoms with van der Waals surface area (Å²) < 4.78 is 2.16. The third-order valence-electron chi connectivity index (χ3n) is 4.20. The van der Waals surface area contributed by atoms with Crippen molar-refractivity contribution in [1.29, 1.82) is 0 Å². The first kappa shape index (κ1) is 14.4. The van der Waals surface area contributed by atoms with Crippen molar-refractivity contribution in [2.75, 3.05) is 27.7 Å². The van der Waals surface area contributed by atoms with Gasteiger partial charge in [-0.1, -0.05) is 11.6 Å². The molecule has 1 amide bonds. The van der Waals surface area contributed by atoms with E-state index in [1.807, 2.05) is 18.2 Å². The van der Waals surface area contributed by atoms with Gasteiger partial charge in [0.05, 0.1) is 0 Å². The van der Waals surface area contributed by atoms with Crippen LogP contribution >= 0.6 is 11.6 Å². The molecule has 0 unspecified atom stereocenters. The van der Waals surface area contributed by atoms with E-state index in [1.54, 1.807) is 19.0 Å². The molecule has 3 rings (SSSR count). The lowest BCUT2D eigenvalue weighted by Crippen LogP contribution is -2.30. The highest BCUT2D eigenvalue weighted by molar-refractivity contribution is 6.31. The van der Waals surface area contributed by atoms with Crippen molar-refractivity contribution in [2.45, 2.75) is 19.5 Å². The summed E-state index contributed by atoms with van der Waals surface area (Å²) in [7, 11) is 5.72. The van der Waals surface area contributed by atoms with E-state index in [0.717, 1.165) is 30.0 Å². The Kier molecular flexibility index (Phi) is 3.68.